The maximum atomic E-state index is 5.29. The summed E-state index contributed by atoms with van der Waals surface area (Å²) in [6.45, 7) is 6.08. The first-order valence-corrected chi connectivity index (χ1v) is 4.16. The zero-order valence-corrected chi connectivity index (χ0v) is 6.94. The monoisotopic (exact) mass is 143 g/mol. The van der Waals surface area contributed by atoms with Gasteiger partial charge in [0.1, 0.15) is 0 Å². The first-order valence-electron chi connectivity index (χ1n) is 4.16. The van der Waals surface area contributed by atoms with Crippen molar-refractivity contribution in [1.29, 1.82) is 0 Å². The fraction of sp³-hybridized carbons (Fsp3) is 1.00. The third-order valence-corrected chi connectivity index (χ3v) is 2.33. The number of ether oxygens (including phenoxy) is 1. The van der Waals surface area contributed by atoms with E-state index < -0.39 is 0 Å². The molecule has 1 aliphatic rings. The van der Waals surface area contributed by atoms with Crippen LogP contribution in [-0.4, -0.2) is 18.9 Å². The van der Waals surface area contributed by atoms with Gasteiger partial charge in [-0.25, -0.2) is 0 Å². The van der Waals surface area contributed by atoms with Crippen molar-refractivity contribution < 1.29 is 4.74 Å². The Balaban J connectivity index is 2.41. The van der Waals surface area contributed by atoms with E-state index >= 15 is 0 Å². The molecule has 1 atom stereocenters. The summed E-state index contributed by atoms with van der Waals surface area (Å²) >= 11 is 0. The van der Waals surface area contributed by atoms with Gasteiger partial charge in [0, 0.05) is 5.54 Å². The zero-order valence-electron chi connectivity index (χ0n) is 6.94. The van der Waals surface area contributed by atoms with Crippen molar-refractivity contribution in [2.75, 3.05) is 13.3 Å². The summed E-state index contributed by atoms with van der Waals surface area (Å²) < 4.78 is 5.29. The SMILES string of the molecule is CCCC1(CC)COCN1. The predicted octanol–water partition coefficient (Wildman–Crippen LogP) is 1.51. The highest BCUT2D eigenvalue weighted by atomic mass is 16.5. The Morgan fingerprint density at radius 2 is 2.30 bits per heavy atom. The van der Waals surface area contributed by atoms with Crippen LogP contribution in [0, 0.1) is 0 Å². The molecule has 0 saturated carbocycles. The lowest BCUT2D eigenvalue weighted by atomic mass is 9.93. The number of hydrogen-bond donors (Lipinski definition) is 1. The molecule has 0 spiro atoms. The Kier molecular flexibility index (Phi) is 2.69. The van der Waals surface area contributed by atoms with Crippen LogP contribution >= 0.6 is 0 Å². The van der Waals surface area contributed by atoms with E-state index in [0.717, 1.165) is 13.3 Å². The van der Waals surface area contributed by atoms with Gasteiger partial charge in [-0.1, -0.05) is 20.3 Å². The lowest BCUT2D eigenvalue weighted by Crippen LogP contribution is -2.41. The van der Waals surface area contributed by atoms with Crippen molar-refractivity contribution >= 4 is 0 Å². The molecule has 1 aliphatic heterocycles. The second kappa shape index (κ2) is 3.35. The van der Waals surface area contributed by atoms with Gasteiger partial charge < -0.3 is 4.74 Å². The van der Waals surface area contributed by atoms with Crippen LogP contribution in [0.4, 0.5) is 0 Å². The van der Waals surface area contributed by atoms with Crippen LogP contribution in [0.1, 0.15) is 33.1 Å². The number of rotatable bonds is 3. The minimum absolute atomic E-state index is 0.314. The van der Waals surface area contributed by atoms with Gasteiger partial charge in [0.15, 0.2) is 0 Å². The van der Waals surface area contributed by atoms with Crippen LogP contribution in [0.2, 0.25) is 0 Å². The maximum absolute atomic E-state index is 5.29. The number of nitrogens with one attached hydrogen (secondary N) is 1. The molecule has 0 radical (unpaired) electrons. The highest BCUT2D eigenvalue weighted by molar-refractivity contribution is 4.88. The smallest absolute Gasteiger partial charge is 0.0971 e. The Bertz CT molecular complexity index is 97.4. The highest BCUT2D eigenvalue weighted by Gasteiger charge is 2.30. The average molecular weight is 143 g/mol. The van der Waals surface area contributed by atoms with Crippen LogP contribution in [0.15, 0.2) is 0 Å². The van der Waals surface area contributed by atoms with Crippen molar-refractivity contribution in [2.45, 2.75) is 38.6 Å². The molecular weight excluding hydrogens is 126 g/mol. The molecule has 1 heterocycles. The summed E-state index contributed by atoms with van der Waals surface area (Å²) in [4.78, 5) is 0. The third-order valence-electron chi connectivity index (χ3n) is 2.33. The molecule has 60 valence electrons. The Labute approximate surface area is 63.0 Å². The molecule has 0 aromatic heterocycles. The normalized spacial score (nSPS) is 33.0. The van der Waals surface area contributed by atoms with Gasteiger partial charge in [-0.15, -0.1) is 0 Å². The molecular formula is C8H17NO. The summed E-state index contributed by atoms with van der Waals surface area (Å²) in [5, 5.41) is 3.40. The molecule has 0 aromatic rings. The summed E-state index contributed by atoms with van der Waals surface area (Å²) in [5.74, 6) is 0. The van der Waals surface area contributed by atoms with Crippen LogP contribution in [0.3, 0.4) is 0 Å². The summed E-state index contributed by atoms with van der Waals surface area (Å²) in [5.41, 5.74) is 0.314. The van der Waals surface area contributed by atoms with E-state index in [1.807, 2.05) is 0 Å². The van der Waals surface area contributed by atoms with Crippen LogP contribution < -0.4 is 5.32 Å². The zero-order chi connectivity index (χ0) is 7.45. The summed E-state index contributed by atoms with van der Waals surface area (Å²) in [6.07, 6.45) is 3.66. The third kappa shape index (κ3) is 1.50. The van der Waals surface area contributed by atoms with Crippen LogP contribution in [0.5, 0.6) is 0 Å². The van der Waals surface area contributed by atoms with Gasteiger partial charge in [0.25, 0.3) is 0 Å². The van der Waals surface area contributed by atoms with Crippen molar-refractivity contribution in [3.63, 3.8) is 0 Å². The topological polar surface area (TPSA) is 21.3 Å². The molecule has 10 heavy (non-hydrogen) atoms. The molecule has 0 bridgehead atoms. The van der Waals surface area contributed by atoms with Crippen LogP contribution in [-0.2, 0) is 4.74 Å². The average Bonchev–Trinajstić information content (AvgIpc) is 2.39. The predicted molar refractivity (Wildman–Crippen MR) is 41.9 cm³/mol. The van der Waals surface area contributed by atoms with Gasteiger partial charge in [-0.05, 0) is 12.8 Å². The quantitative estimate of drug-likeness (QED) is 0.646. The van der Waals surface area contributed by atoms with Gasteiger partial charge in [0.2, 0.25) is 0 Å². The lowest BCUT2D eigenvalue weighted by Gasteiger charge is -2.25. The molecule has 1 N–H and O–H groups in total. The molecule has 1 unspecified atom stereocenters. The second-order valence-electron chi connectivity index (χ2n) is 3.05. The minimum atomic E-state index is 0.314. The molecule has 0 amide bonds. The molecule has 0 aromatic carbocycles. The van der Waals surface area contributed by atoms with E-state index in [0.29, 0.717) is 5.54 Å². The van der Waals surface area contributed by atoms with Crippen molar-refractivity contribution in [3.05, 3.63) is 0 Å². The van der Waals surface area contributed by atoms with Crippen molar-refractivity contribution in [1.82, 2.24) is 5.32 Å². The van der Waals surface area contributed by atoms with E-state index in [1.165, 1.54) is 19.3 Å². The van der Waals surface area contributed by atoms with Crippen molar-refractivity contribution in [2.24, 2.45) is 0 Å². The first-order chi connectivity index (χ1) is 4.83. The molecule has 0 aliphatic carbocycles. The fourth-order valence-corrected chi connectivity index (χ4v) is 1.54. The maximum Gasteiger partial charge on any atom is 0.0971 e. The van der Waals surface area contributed by atoms with Crippen LogP contribution in [0.25, 0.3) is 0 Å². The van der Waals surface area contributed by atoms with E-state index in [1.54, 1.807) is 0 Å². The Hall–Kier alpha value is -0.0800. The highest BCUT2D eigenvalue weighted by Crippen LogP contribution is 2.21. The fourth-order valence-electron chi connectivity index (χ4n) is 1.54. The number of hydrogen-bond acceptors (Lipinski definition) is 2. The lowest BCUT2D eigenvalue weighted by molar-refractivity contribution is 0.172. The molecule has 1 fully saturated rings. The van der Waals surface area contributed by atoms with E-state index in [-0.39, 0.29) is 0 Å². The van der Waals surface area contributed by atoms with Gasteiger partial charge in [-0.2, -0.15) is 0 Å². The summed E-state index contributed by atoms with van der Waals surface area (Å²) in [7, 11) is 0. The molecule has 1 rings (SSSR count). The molecule has 1 saturated heterocycles. The minimum Gasteiger partial charge on any atom is -0.364 e. The first kappa shape index (κ1) is 8.02. The van der Waals surface area contributed by atoms with E-state index in [4.69, 9.17) is 4.74 Å². The molecule has 2 heteroatoms. The van der Waals surface area contributed by atoms with Gasteiger partial charge in [0.05, 0.1) is 13.3 Å². The Morgan fingerprint density at radius 1 is 1.50 bits per heavy atom. The van der Waals surface area contributed by atoms with Crippen molar-refractivity contribution in [3.8, 4) is 0 Å². The van der Waals surface area contributed by atoms with E-state index in [2.05, 4.69) is 19.2 Å². The summed E-state index contributed by atoms with van der Waals surface area (Å²) in [6, 6.07) is 0. The van der Waals surface area contributed by atoms with Gasteiger partial charge >= 0.3 is 0 Å². The standard InChI is InChI=1S/C8H17NO/c1-3-5-8(4-2)6-10-7-9-8/h9H,3-7H2,1-2H3. The molecule has 2 nitrogen and oxygen atoms in total. The largest absolute Gasteiger partial charge is 0.364 e. The Morgan fingerprint density at radius 3 is 2.70 bits per heavy atom. The van der Waals surface area contributed by atoms with Gasteiger partial charge in [-0.3, -0.25) is 5.32 Å². The second-order valence-corrected chi connectivity index (χ2v) is 3.05. The van der Waals surface area contributed by atoms with E-state index in [9.17, 15) is 0 Å².